The number of carbonyl (C=O) groups is 4. The van der Waals surface area contributed by atoms with Crippen LogP contribution in [0.4, 0.5) is 11.4 Å². The van der Waals surface area contributed by atoms with Gasteiger partial charge in [-0.15, -0.1) is 0 Å². The molecule has 0 radical (unpaired) electrons. The number of aliphatic hydroxyl groups is 1. The molecule has 8 atom stereocenters. The SMILES string of the molecule is CC(=O)Nc1c(I)c(NC(C)=O)c(I)c(C(=O)OCOC(=O)[C@]2(O)CC[C@@]3(C)C(=CC[C@H]4[C@@H]5CC[C@H]([C@H](C)CCCC(C)C)[C@@]5(C)CC[C@@H]43)C2)c1I. The number of carbonyl (C=O) groups excluding carboxylic acids is 4. The lowest BCUT2D eigenvalue weighted by Gasteiger charge is -2.59. The number of halogens is 3. The molecule has 12 heteroatoms. The van der Waals surface area contributed by atoms with Gasteiger partial charge in [0, 0.05) is 20.3 Å². The maximum atomic E-state index is 13.4. The Balaban J connectivity index is 1.24. The van der Waals surface area contributed by atoms with Crippen molar-refractivity contribution in [3.05, 3.63) is 27.9 Å². The monoisotopic (exact) mass is 1060 g/mol. The molecule has 0 spiro atoms. The number of rotatable bonds is 11. The molecular weight excluding hydrogens is 1000 g/mol. The fourth-order valence-electron chi connectivity index (χ4n) is 10.6. The number of nitrogens with one attached hydrogen (secondary N) is 2. The first kappa shape index (κ1) is 42.1. The first-order valence-electron chi connectivity index (χ1n) is 18.9. The molecule has 9 nitrogen and oxygen atoms in total. The average Bonchev–Trinajstić information content (AvgIpc) is 3.42. The number of fused-ring (bicyclic) bond motifs is 5. The second-order valence-corrected chi connectivity index (χ2v) is 20.1. The van der Waals surface area contributed by atoms with E-state index in [1.165, 1.54) is 58.8 Å². The standard InChI is InChI=1S/C40H55I3N2O7/c1-21(2)9-8-10-22(3)27-13-14-28-26-12-11-25-19-40(50,18-17-38(25,6)29(26)15-16-39(27,28)7)37(49)52-20-51-36(48)30-31(41)34(44-23(4)46)33(43)35(32(30)42)45-24(5)47/h11,21-22,26-29,50H,8-10,12-20H2,1-7H3,(H,44,46)(H,45,47)/t22-,26+,27-,28+,29+,38+,39-,40+/m1/s1. The fraction of sp³-hybridized carbons (Fsp3) is 0.700. The highest BCUT2D eigenvalue weighted by Gasteiger charge is 2.60. The summed E-state index contributed by atoms with van der Waals surface area (Å²) < 4.78 is 12.3. The van der Waals surface area contributed by atoms with Crippen LogP contribution in [0.5, 0.6) is 0 Å². The van der Waals surface area contributed by atoms with Crippen LogP contribution in [0.3, 0.4) is 0 Å². The Bertz CT molecular complexity index is 1590. The number of benzene rings is 1. The summed E-state index contributed by atoms with van der Waals surface area (Å²) in [6.45, 7) is 14.1. The van der Waals surface area contributed by atoms with Crippen molar-refractivity contribution in [3.63, 3.8) is 0 Å². The predicted molar refractivity (Wildman–Crippen MR) is 228 cm³/mol. The van der Waals surface area contributed by atoms with E-state index in [-0.39, 0.29) is 29.2 Å². The van der Waals surface area contributed by atoms with Gasteiger partial charge < -0.3 is 25.2 Å². The predicted octanol–water partition coefficient (Wildman–Crippen LogP) is 9.85. The molecule has 3 N–H and O–H groups in total. The number of anilines is 2. The Hall–Kier alpha value is -1.01. The summed E-state index contributed by atoms with van der Waals surface area (Å²) >= 11 is 5.91. The summed E-state index contributed by atoms with van der Waals surface area (Å²) in [6.07, 6.45) is 13.6. The summed E-state index contributed by atoms with van der Waals surface area (Å²) in [7, 11) is 0. The lowest BCUT2D eigenvalue weighted by atomic mass is 9.46. The Labute approximate surface area is 350 Å². The second-order valence-electron chi connectivity index (χ2n) is 16.9. The van der Waals surface area contributed by atoms with Gasteiger partial charge in [-0.25, -0.2) is 9.59 Å². The maximum absolute atomic E-state index is 13.4. The molecule has 0 aliphatic heterocycles. The molecule has 0 aromatic heterocycles. The minimum atomic E-state index is -1.69. The third-order valence-corrected chi connectivity index (χ3v) is 16.5. The van der Waals surface area contributed by atoms with Crippen LogP contribution >= 0.6 is 67.8 Å². The van der Waals surface area contributed by atoms with Gasteiger partial charge in [0.05, 0.1) is 27.6 Å². The molecule has 4 aliphatic carbocycles. The van der Waals surface area contributed by atoms with Crippen LogP contribution in [0.2, 0.25) is 0 Å². The molecule has 5 rings (SSSR count). The van der Waals surface area contributed by atoms with Gasteiger partial charge in [-0.2, -0.15) is 0 Å². The Morgan fingerprint density at radius 3 is 2.10 bits per heavy atom. The van der Waals surface area contributed by atoms with E-state index < -0.39 is 24.3 Å². The molecular formula is C40H55I3N2O7. The summed E-state index contributed by atoms with van der Waals surface area (Å²) in [5, 5.41) is 17.1. The topological polar surface area (TPSA) is 131 Å². The number of hydrogen-bond donors (Lipinski definition) is 3. The molecule has 0 bridgehead atoms. The molecule has 3 fully saturated rings. The van der Waals surface area contributed by atoms with E-state index in [0.717, 1.165) is 35.7 Å². The zero-order valence-electron chi connectivity index (χ0n) is 31.6. The number of hydrogen-bond acceptors (Lipinski definition) is 7. The lowest BCUT2D eigenvalue weighted by molar-refractivity contribution is -0.178. The molecule has 0 heterocycles. The average molecular weight is 1060 g/mol. The molecule has 0 unspecified atom stereocenters. The van der Waals surface area contributed by atoms with Gasteiger partial charge in [0.25, 0.3) is 0 Å². The highest BCUT2D eigenvalue weighted by molar-refractivity contribution is 14.1. The second kappa shape index (κ2) is 16.6. The van der Waals surface area contributed by atoms with Crippen LogP contribution in [0, 0.1) is 57.0 Å². The van der Waals surface area contributed by atoms with E-state index in [0.29, 0.717) is 52.2 Å². The molecule has 4 aliphatic rings. The number of esters is 2. The zero-order valence-corrected chi connectivity index (χ0v) is 38.0. The van der Waals surface area contributed by atoms with E-state index >= 15 is 0 Å². The number of allylic oxidation sites excluding steroid dienone is 1. The van der Waals surface area contributed by atoms with Gasteiger partial charge in [0.2, 0.25) is 18.6 Å². The molecule has 1 aromatic carbocycles. The largest absolute Gasteiger partial charge is 0.426 e. The van der Waals surface area contributed by atoms with Crippen molar-refractivity contribution in [2.45, 2.75) is 125 Å². The Morgan fingerprint density at radius 2 is 1.50 bits per heavy atom. The van der Waals surface area contributed by atoms with Crippen LogP contribution in [0.25, 0.3) is 0 Å². The summed E-state index contributed by atoms with van der Waals surface area (Å²) in [5.74, 6) is 1.96. The number of amides is 2. The van der Waals surface area contributed by atoms with Crippen LogP contribution < -0.4 is 10.6 Å². The van der Waals surface area contributed by atoms with Crippen LogP contribution in [0.1, 0.15) is 129 Å². The Morgan fingerprint density at radius 1 is 0.865 bits per heavy atom. The van der Waals surface area contributed by atoms with Gasteiger partial charge in [0.1, 0.15) is 0 Å². The number of ether oxygens (including phenoxy) is 2. The van der Waals surface area contributed by atoms with Crippen LogP contribution in [-0.2, 0) is 23.9 Å². The summed E-state index contributed by atoms with van der Waals surface area (Å²) in [5.41, 5.74) is 0.660. The lowest BCUT2D eigenvalue weighted by Crippen LogP contribution is -2.54. The maximum Gasteiger partial charge on any atom is 0.343 e. The first-order chi connectivity index (χ1) is 24.3. The van der Waals surface area contributed by atoms with Gasteiger partial charge in [-0.05, 0) is 159 Å². The third kappa shape index (κ3) is 8.24. The van der Waals surface area contributed by atoms with E-state index in [4.69, 9.17) is 9.47 Å². The van der Waals surface area contributed by atoms with Crippen molar-refractivity contribution in [2.75, 3.05) is 17.4 Å². The molecule has 52 heavy (non-hydrogen) atoms. The fourth-order valence-corrected chi connectivity index (χ4v) is 14.7. The normalized spacial score (nSPS) is 31.4. The molecule has 3 saturated carbocycles. The van der Waals surface area contributed by atoms with Gasteiger partial charge in [-0.3, -0.25) is 9.59 Å². The van der Waals surface area contributed by atoms with Crippen molar-refractivity contribution in [3.8, 4) is 0 Å². The Kier molecular flexibility index (Phi) is 13.5. The quantitative estimate of drug-likeness (QED) is 0.0871. The third-order valence-electron chi connectivity index (χ3n) is 13.3. The smallest absolute Gasteiger partial charge is 0.343 e. The van der Waals surface area contributed by atoms with Crippen molar-refractivity contribution in [2.24, 2.45) is 46.3 Å². The summed E-state index contributed by atoms with van der Waals surface area (Å²) in [6, 6.07) is 0. The first-order valence-corrected chi connectivity index (χ1v) is 22.1. The van der Waals surface area contributed by atoms with Gasteiger partial charge in [-0.1, -0.05) is 65.5 Å². The highest BCUT2D eigenvalue weighted by Crippen LogP contribution is 2.68. The van der Waals surface area contributed by atoms with E-state index in [1.54, 1.807) is 0 Å². The minimum Gasteiger partial charge on any atom is -0.426 e. The van der Waals surface area contributed by atoms with E-state index in [1.807, 2.05) is 67.8 Å². The molecule has 2 amide bonds. The van der Waals surface area contributed by atoms with Crippen molar-refractivity contribution >= 4 is 103 Å². The van der Waals surface area contributed by atoms with Crippen LogP contribution in [0.15, 0.2) is 11.6 Å². The molecule has 1 aromatic rings. The molecule has 288 valence electrons. The van der Waals surface area contributed by atoms with Crippen molar-refractivity contribution in [1.82, 2.24) is 0 Å². The van der Waals surface area contributed by atoms with Crippen molar-refractivity contribution < 1.29 is 33.8 Å². The minimum absolute atomic E-state index is 0.0559. The molecule has 0 saturated heterocycles. The van der Waals surface area contributed by atoms with Gasteiger partial charge >= 0.3 is 11.9 Å². The van der Waals surface area contributed by atoms with Crippen molar-refractivity contribution in [1.29, 1.82) is 0 Å². The van der Waals surface area contributed by atoms with E-state index in [2.05, 4.69) is 51.3 Å². The zero-order chi connectivity index (χ0) is 38.3. The van der Waals surface area contributed by atoms with E-state index in [9.17, 15) is 24.3 Å². The highest BCUT2D eigenvalue weighted by atomic mass is 127. The van der Waals surface area contributed by atoms with Crippen LogP contribution in [-0.4, -0.2) is 41.3 Å². The van der Waals surface area contributed by atoms with Gasteiger partial charge in [0.15, 0.2) is 5.60 Å². The summed E-state index contributed by atoms with van der Waals surface area (Å²) in [4.78, 5) is 50.7.